The number of benzene rings is 2. The van der Waals surface area contributed by atoms with Crippen LogP contribution in [0.3, 0.4) is 0 Å². The molecule has 1 aromatic heterocycles. The van der Waals surface area contributed by atoms with Crippen molar-refractivity contribution < 1.29 is 22.7 Å². The van der Waals surface area contributed by atoms with E-state index in [4.69, 9.17) is 4.74 Å². The van der Waals surface area contributed by atoms with E-state index in [2.05, 4.69) is 4.98 Å². The van der Waals surface area contributed by atoms with Gasteiger partial charge in [0.1, 0.15) is 17.5 Å². The van der Waals surface area contributed by atoms with Gasteiger partial charge >= 0.3 is 5.97 Å². The summed E-state index contributed by atoms with van der Waals surface area (Å²) in [5.41, 5.74) is 2.54. The van der Waals surface area contributed by atoms with Gasteiger partial charge in [0.05, 0.1) is 23.7 Å². The van der Waals surface area contributed by atoms with Crippen molar-refractivity contribution in [2.24, 2.45) is 0 Å². The first kappa shape index (κ1) is 16.7. The first-order chi connectivity index (χ1) is 12.5. The average Bonchev–Trinajstić information content (AvgIpc) is 2.87. The number of hydrogen-bond acceptors (Lipinski definition) is 2. The summed E-state index contributed by atoms with van der Waals surface area (Å²) in [4.78, 5) is 15.5. The Morgan fingerprint density at radius 3 is 2.77 bits per heavy atom. The molecule has 134 valence electrons. The SMILES string of the molecule is CCOC(=O)C1CCc2cc(F)ccc2-c2[nH]c3c(F)cc(F)cc3c21. The molecule has 2 aromatic carbocycles. The van der Waals surface area contributed by atoms with E-state index in [1.807, 2.05) is 0 Å². The first-order valence-corrected chi connectivity index (χ1v) is 8.45. The number of halogens is 3. The number of esters is 1. The fraction of sp³-hybridized carbons (Fsp3) is 0.250. The zero-order valence-electron chi connectivity index (χ0n) is 14.0. The smallest absolute Gasteiger partial charge is 0.313 e. The van der Waals surface area contributed by atoms with Gasteiger partial charge in [0.25, 0.3) is 0 Å². The molecule has 1 heterocycles. The van der Waals surface area contributed by atoms with E-state index < -0.39 is 23.5 Å². The second-order valence-corrected chi connectivity index (χ2v) is 6.37. The summed E-state index contributed by atoms with van der Waals surface area (Å²) in [5, 5.41) is 0.313. The highest BCUT2D eigenvalue weighted by Crippen LogP contribution is 2.43. The molecule has 0 radical (unpaired) electrons. The molecule has 3 nitrogen and oxygen atoms in total. The molecule has 26 heavy (non-hydrogen) atoms. The van der Waals surface area contributed by atoms with E-state index >= 15 is 0 Å². The molecule has 0 aliphatic heterocycles. The van der Waals surface area contributed by atoms with Crippen LogP contribution in [0.15, 0.2) is 30.3 Å². The Labute approximate surface area is 147 Å². The number of hydrogen-bond donors (Lipinski definition) is 1. The van der Waals surface area contributed by atoms with Crippen molar-refractivity contribution >= 4 is 16.9 Å². The molecular formula is C20H16F3NO2. The normalized spacial score (nSPS) is 16.1. The number of rotatable bonds is 2. The lowest BCUT2D eigenvalue weighted by Gasteiger charge is -2.14. The van der Waals surface area contributed by atoms with E-state index in [0.29, 0.717) is 40.6 Å². The number of aromatic amines is 1. The predicted octanol–water partition coefficient (Wildman–Crippen LogP) is 4.85. The Morgan fingerprint density at radius 1 is 1.19 bits per heavy atom. The molecule has 1 aliphatic carbocycles. The molecule has 0 saturated heterocycles. The molecule has 0 bridgehead atoms. The van der Waals surface area contributed by atoms with Crippen molar-refractivity contribution in [2.75, 3.05) is 6.61 Å². The van der Waals surface area contributed by atoms with Crippen LogP contribution in [-0.2, 0) is 16.0 Å². The van der Waals surface area contributed by atoms with Gasteiger partial charge in [-0.2, -0.15) is 0 Å². The molecule has 0 spiro atoms. The monoisotopic (exact) mass is 359 g/mol. The van der Waals surface area contributed by atoms with Crippen molar-refractivity contribution in [3.8, 4) is 11.3 Å². The number of nitrogens with one attached hydrogen (secondary N) is 1. The molecule has 0 saturated carbocycles. The summed E-state index contributed by atoms with van der Waals surface area (Å²) in [6, 6.07) is 6.34. The Balaban J connectivity index is 2.04. The summed E-state index contributed by atoms with van der Waals surface area (Å²) >= 11 is 0. The summed E-state index contributed by atoms with van der Waals surface area (Å²) < 4.78 is 47.0. The van der Waals surface area contributed by atoms with E-state index in [9.17, 15) is 18.0 Å². The Kier molecular flexibility index (Phi) is 3.98. The Bertz CT molecular complexity index is 1030. The molecule has 1 aliphatic rings. The Morgan fingerprint density at radius 2 is 2.00 bits per heavy atom. The zero-order chi connectivity index (χ0) is 18.4. The summed E-state index contributed by atoms with van der Waals surface area (Å²) in [6.07, 6.45) is 0.825. The molecule has 3 aromatic rings. The minimum Gasteiger partial charge on any atom is -0.466 e. The fourth-order valence-corrected chi connectivity index (χ4v) is 3.75. The summed E-state index contributed by atoms with van der Waals surface area (Å²) in [6.45, 7) is 1.91. The molecule has 4 rings (SSSR count). The van der Waals surface area contributed by atoms with Gasteiger partial charge in [-0.25, -0.2) is 13.2 Å². The van der Waals surface area contributed by atoms with Crippen molar-refractivity contribution in [3.05, 3.63) is 58.9 Å². The minimum atomic E-state index is -0.737. The third-order valence-electron chi connectivity index (χ3n) is 4.82. The molecule has 1 atom stereocenters. The standard InChI is InChI=1S/C20H16F3NO2/c1-2-26-20(25)14-5-3-10-7-11(21)4-6-13(10)19-17(14)15-8-12(22)9-16(23)18(15)24-19/h4,6-9,14,24H,2-3,5H2,1H3. The van der Waals surface area contributed by atoms with E-state index in [0.717, 1.165) is 6.07 Å². The summed E-state index contributed by atoms with van der Waals surface area (Å²) in [5.74, 6) is -2.97. The maximum absolute atomic E-state index is 14.3. The van der Waals surface area contributed by atoms with Gasteiger partial charge in [-0.15, -0.1) is 0 Å². The molecule has 1 N–H and O–H groups in total. The maximum atomic E-state index is 14.3. The Hall–Kier alpha value is -2.76. The summed E-state index contributed by atoms with van der Waals surface area (Å²) in [7, 11) is 0. The van der Waals surface area contributed by atoms with Gasteiger partial charge in [-0.05, 0) is 55.2 Å². The highest BCUT2D eigenvalue weighted by molar-refractivity contribution is 5.97. The zero-order valence-corrected chi connectivity index (χ0v) is 14.0. The van der Waals surface area contributed by atoms with Gasteiger partial charge in [0.15, 0.2) is 0 Å². The van der Waals surface area contributed by atoms with Crippen LogP contribution in [0.25, 0.3) is 22.2 Å². The quantitative estimate of drug-likeness (QED) is 0.665. The molecule has 6 heteroatoms. The third-order valence-corrected chi connectivity index (χ3v) is 4.82. The molecule has 1 unspecified atom stereocenters. The van der Waals surface area contributed by atoms with Crippen molar-refractivity contribution in [3.63, 3.8) is 0 Å². The molecule has 0 fully saturated rings. The van der Waals surface area contributed by atoms with Crippen molar-refractivity contribution in [1.29, 1.82) is 0 Å². The number of aryl methyl sites for hydroxylation is 1. The van der Waals surface area contributed by atoms with Crippen LogP contribution in [0, 0.1) is 17.5 Å². The lowest BCUT2D eigenvalue weighted by atomic mass is 9.93. The number of fused-ring (bicyclic) bond motifs is 5. The molecule has 0 amide bonds. The first-order valence-electron chi connectivity index (χ1n) is 8.45. The van der Waals surface area contributed by atoms with Crippen LogP contribution >= 0.6 is 0 Å². The molecular weight excluding hydrogens is 343 g/mol. The highest BCUT2D eigenvalue weighted by Gasteiger charge is 2.33. The number of carbonyl (C=O) groups excluding carboxylic acids is 1. The average molecular weight is 359 g/mol. The van der Waals surface area contributed by atoms with Gasteiger partial charge in [-0.3, -0.25) is 4.79 Å². The fourth-order valence-electron chi connectivity index (χ4n) is 3.75. The van der Waals surface area contributed by atoms with Crippen LogP contribution in [0.1, 0.15) is 30.4 Å². The lowest BCUT2D eigenvalue weighted by Crippen LogP contribution is -2.16. The number of aromatic nitrogens is 1. The third kappa shape index (κ3) is 2.57. The van der Waals surface area contributed by atoms with Crippen LogP contribution in [0.4, 0.5) is 13.2 Å². The van der Waals surface area contributed by atoms with Gasteiger partial charge in [0, 0.05) is 17.0 Å². The largest absolute Gasteiger partial charge is 0.466 e. The number of ether oxygens (including phenoxy) is 1. The predicted molar refractivity (Wildman–Crippen MR) is 91.3 cm³/mol. The highest BCUT2D eigenvalue weighted by atomic mass is 19.1. The lowest BCUT2D eigenvalue weighted by molar-refractivity contribution is -0.145. The van der Waals surface area contributed by atoms with Crippen molar-refractivity contribution in [1.82, 2.24) is 4.98 Å². The van der Waals surface area contributed by atoms with E-state index in [1.165, 1.54) is 18.2 Å². The minimum absolute atomic E-state index is 0.128. The van der Waals surface area contributed by atoms with Crippen LogP contribution in [-0.4, -0.2) is 17.6 Å². The van der Waals surface area contributed by atoms with E-state index in [1.54, 1.807) is 13.0 Å². The number of carbonyl (C=O) groups is 1. The maximum Gasteiger partial charge on any atom is 0.313 e. The van der Waals surface area contributed by atoms with Gasteiger partial charge < -0.3 is 9.72 Å². The van der Waals surface area contributed by atoms with Crippen LogP contribution in [0.5, 0.6) is 0 Å². The van der Waals surface area contributed by atoms with Gasteiger partial charge in [0.2, 0.25) is 0 Å². The van der Waals surface area contributed by atoms with Crippen LogP contribution < -0.4 is 0 Å². The van der Waals surface area contributed by atoms with Crippen molar-refractivity contribution in [2.45, 2.75) is 25.7 Å². The van der Waals surface area contributed by atoms with E-state index in [-0.39, 0.29) is 17.9 Å². The number of H-pyrrole nitrogens is 1. The second kappa shape index (κ2) is 6.20. The second-order valence-electron chi connectivity index (χ2n) is 6.37. The topological polar surface area (TPSA) is 42.1 Å². The van der Waals surface area contributed by atoms with Crippen LogP contribution in [0.2, 0.25) is 0 Å². The van der Waals surface area contributed by atoms with Gasteiger partial charge in [-0.1, -0.05) is 0 Å².